The lowest BCUT2D eigenvalue weighted by atomic mass is 10.1. The molecule has 0 heterocycles. The highest BCUT2D eigenvalue weighted by Crippen LogP contribution is 2.28. The smallest absolute Gasteiger partial charge is 0.406 e. The number of aryl methyl sites for hydroxylation is 2. The van der Waals surface area contributed by atoms with E-state index in [0.29, 0.717) is 6.54 Å². The van der Waals surface area contributed by atoms with E-state index in [0.717, 1.165) is 41.8 Å². The molecule has 1 saturated carbocycles. The summed E-state index contributed by atoms with van der Waals surface area (Å²) in [7, 11) is 0. The van der Waals surface area contributed by atoms with Gasteiger partial charge >= 0.3 is 6.36 Å². The van der Waals surface area contributed by atoms with Gasteiger partial charge in [-0.2, -0.15) is 0 Å². The van der Waals surface area contributed by atoms with Crippen LogP contribution in [0.1, 0.15) is 30.4 Å². The Morgan fingerprint density at radius 2 is 1.81 bits per heavy atom. The summed E-state index contributed by atoms with van der Waals surface area (Å²) in [5.74, 6) is -0.907. The van der Waals surface area contributed by atoms with Crippen LogP contribution in [0.5, 0.6) is 5.75 Å². The van der Waals surface area contributed by atoms with Crippen LogP contribution >= 0.6 is 0 Å². The van der Waals surface area contributed by atoms with Gasteiger partial charge in [-0.3, -0.25) is 14.5 Å². The fraction of sp³-hybridized carbons (Fsp3) is 0.391. The molecular formula is C23H26F3N3O3. The normalized spacial score (nSPS) is 13.7. The SMILES string of the molecule is Cc1ccc(C)c(NC(=O)CN(CCC(=O)Nc2cccc(OC(F)(F)F)c2)C2CC2)c1. The summed E-state index contributed by atoms with van der Waals surface area (Å²) < 4.78 is 41.0. The number of rotatable bonds is 9. The van der Waals surface area contributed by atoms with Crippen LogP contribution < -0.4 is 15.4 Å². The van der Waals surface area contributed by atoms with Gasteiger partial charge in [0.1, 0.15) is 5.75 Å². The first-order chi connectivity index (χ1) is 15.1. The monoisotopic (exact) mass is 449 g/mol. The minimum atomic E-state index is -4.80. The molecule has 0 unspecified atom stereocenters. The number of carbonyl (C=O) groups is 2. The number of hydrogen-bond donors (Lipinski definition) is 2. The molecule has 1 aliphatic carbocycles. The highest BCUT2D eigenvalue weighted by Gasteiger charge is 2.32. The topological polar surface area (TPSA) is 70.7 Å². The van der Waals surface area contributed by atoms with E-state index in [1.165, 1.54) is 12.1 Å². The molecule has 9 heteroatoms. The molecule has 2 amide bonds. The number of anilines is 2. The van der Waals surface area contributed by atoms with E-state index in [4.69, 9.17) is 0 Å². The zero-order valence-electron chi connectivity index (χ0n) is 18.0. The lowest BCUT2D eigenvalue weighted by molar-refractivity contribution is -0.274. The van der Waals surface area contributed by atoms with Crippen LogP contribution in [0, 0.1) is 13.8 Å². The van der Waals surface area contributed by atoms with Gasteiger partial charge in [0.2, 0.25) is 11.8 Å². The maximum atomic E-state index is 12.5. The lowest BCUT2D eigenvalue weighted by Crippen LogP contribution is -2.37. The van der Waals surface area contributed by atoms with Gasteiger partial charge in [-0.05, 0) is 56.0 Å². The molecule has 0 spiro atoms. The van der Waals surface area contributed by atoms with Crippen LogP contribution in [0.15, 0.2) is 42.5 Å². The second-order valence-corrected chi connectivity index (χ2v) is 7.94. The summed E-state index contributed by atoms with van der Waals surface area (Å²) in [5, 5.41) is 5.51. The molecule has 0 aliphatic heterocycles. The summed E-state index contributed by atoms with van der Waals surface area (Å²) in [4.78, 5) is 26.8. The molecule has 0 bridgehead atoms. The molecule has 2 aromatic carbocycles. The van der Waals surface area contributed by atoms with Gasteiger partial charge in [0.15, 0.2) is 0 Å². The van der Waals surface area contributed by atoms with Gasteiger partial charge in [-0.25, -0.2) is 0 Å². The van der Waals surface area contributed by atoms with E-state index in [2.05, 4.69) is 15.4 Å². The summed E-state index contributed by atoms with van der Waals surface area (Å²) in [5.41, 5.74) is 3.00. The molecule has 172 valence electrons. The predicted molar refractivity (Wildman–Crippen MR) is 116 cm³/mol. The molecule has 2 aromatic rings. The van der Waals surface area contributed by atoms with Crippen molar-refractivity contribution in [2.45, 2.75) is 45.5 Å². The fourth-order valence-electron chi connectivity index (χ4n) is 3.31. The number of benzene rings is 2. The number of carbonyl (C=O) groups excluding carboxylic acids is 2. The van der Waals surface area contributed by atoms with Gasteiger partial charge in [0.25, 0.3) is 0 Å². The van der Waals surface area contributed by atoms with Crippen molar-refractivity contribution >= 4 is 23.2 Å². The van der Waals surface area contributed by atoms with Gasteiger partial charge in [-0.1, -0.05) is 18.2 Å². The molecular weight excluding hydrogens is 423 g/mol. The van der Waals surface area contributed by atoms with E-state index in [1.54, 1.807) is 0 Å². The molecule has 0 radical (unpaired) electrons. The zero-order chi connectivity index (χ0) is 23.3. The average molecular weight is 449 g/mol. The lowest BCUT2D eigenvalue weighted by Gasteiger charge is -2.21. The summed E-state index contributed by atoms with van der Waals surface area (Å²) in [6, 6.07) is 11.2. The number of amides is 2. The molecule has 3 rings (SSSR count). The Morgan fingerprint density at radius 1 is 1.06 bits per heavy atom. The van der Waals surface area contributed by atoms with E-state index >= 15 is 0 Å². The quantitative estimate of drug-likeness (QED) is 0.586. The maximum Gasteiger partial charge on any atom is 0.573 e. The maximum absolute atomic E-state index is 12.5. The van der Waals surface area contributed by atoms with Gasteiger partial charge in [0, 0.05) is 36.4 Å². The zero-order valence-corrected chi connectivity index (χ0v) is 18.0. The Morgan fingerprint density at radius 3 is 2.50 bits per heavy atom. The minimum Gasteiger partial charge on any atom is -0.406 e. The predicted octanol–water partition coefficient (Wildman–Crippen LogP) is 4.63. The third-order valence-electron chi connectivity index (χ3n) is 5.05. The largest absolute Gasteiger partial charge is 0.573 e. The first-order valence-corrected chi connectivity index (χ1v) is 10.4. The second kappa shape index (κ2) is 10.0. The highest BCUT2D eigenvalue weighted by molar-refractivity contribution is 5.93. The molecule has 0 atom stereocenters. The van der Waals surface area contributed by atoms with Crippen LogP contribution in [0.25, 0.3) is 0 Å². The van der Waals surface area contributed by atoms with Crippen molar-refractivity contribution in [1.82, 2.24) is 4.90 Å². The number of hydrogen-bond acceptors (Lipinski definition) is 4. The first kappa shape index (κ1) is 23.6. The second-order valence-electron chi connectivity index (χ2n) is 7.94. The Labute approximate surface area is 184 Å². The van der Waals surface area contributed by atoms with Crippen LogP contribution in [0.4, 0.5) is 24.5 Å². The fourth-order valence-corrected chi connectivity index (χ4v) is 3.31. The number of nitrogens with one attached hydrogen (secondary N) is 2. The number of alkyl halides is 3. The molecule has 0 saturated heterocycles. The molecule has 1 aliphatic rings. The third-order valence-corrected chi connectivity index (χ3v) is 5.05. The van der Waals surface area contributed by atoms with Crippen molar-refractivity contribution in [3.05, 3.63) is 53.6 Å². The molecule has 2 N–H and O–H groups in total. The van der Waals surface area contributed by atoms with E-state index in [9.17, 15) is 22.8 Å². The molecule has 1 fully saturated rings. The van der Waals surface area contributed by atoms with Gasteiger partial charge < -0.3 is 15.4 Å². The Hall–Kier alpha value is -3.07. The van der Waals surface area contributed by atoms with Crippen molar-refractivity contribution in [2.75, 3.05) is 23.7 Å². The molecule has 6 nitrogen and oxygen atoms in total. The third kappa shape index (κ3) is 7.56. The molecule has 32 heavy (non-hydrogen) atoms. The van der Waals surface area contributed by atoms with Crippen molar-refractivity contribution in [3.63, 3.8) is 0 Å². The van der Waals surface area contributed by atoms with Crippen molar-refractivity contribution in [3.8, 4) is 5.75 Å². The number of nitrogens with zero attached hydrogens (tertiary/aromatic N) is 1. The van der Waals surface area contributed by atoms with Crippen molar-refractivity contribution < 1.29 is 27.5 Å². The Balaban J connectivity index is 1.51. The highest BCUT2D eigenvalue weighted by atomic mass is 19.4. The van der Waals surface area contributed by atoms with E-state index < -0.39 is 12.1 Å². The number of halogens is 3. The summed E-state index contributed by atoms with van der Waals surface area (Å²) >= 11 is 0. The average Bonchev–Trinajstić information content (AvgIpc) is 3.52. The Kier molecular flexibility index (Phi) is 7.40. The van der Waals surface area contributed by atoms with Gasteiger partial charge in [-0.15, -0.1) is 13.2 Å². The van der Waals surface area contributed by atoms with Crippen LogP contribution in [0.3, 0.4) is 0 Å². The Bertz CT molecular complexity index is 974. The van der Waals surface area contributed by atoms with E-state index in [1.807, 2.05) is 36.9 Å². The van der Waals surface area contributed by atoms with Gasteiger partial charge in [0.05, 0.1) is 6.54 Å². The van der Waals surface area contributed by atoms with Crippen LogP contribution in [-0.2, 0) is 9.59 Å². The first-order valence-electron chi connectivity index (χ1n) is 10.4. The van der Waals surface area contributed by atoms with Crippen LogP contribution in [0.2, 0.25) is 0 Å². The standard InChI is InChI=1S/C23H26F3N3O3/c1-15-6-7-16(2)20(12-15)28-22(31)14-29(18-8-9-18)11-10-21(30)27-17-4-3-5-19(13-17)32-23(24,25)26/h3-7,12-13,18H,8-11,14H2,1-2H3,(H,27,30)(H,28,31). The minimum absolute atomic E-state index is 0.109. The van der Waals surface area contributed by atoms with E-state index in [-0.39, 0.29) is 36.5 Å². The number of ether oxygens (including phenoxy) is 1. The summed E-state index contributed by atoms with van der Waals surface area (Å²) in [6.45, 7) is 4.41. The van der Waals surface area contributed by atoms with Crippen molar-refractivity contribution in [2.24, 2.45) is 0 Å². The summed E-state index contributed by atoms with van der Waals surface area (Å²) in [6.07, 6.45) is -2.76. The van der Waals surface area contributed by atoms with Crippen molar-refractivity contribution in [1.29, 1.82) is 0 Å². The molecule has 0 aromatic heterocycles. The van der Waals surface area contributed by atoms with Crippen LogP contribution in [-0.4, -0.2) is 42.2 Å².